The second-order valence-corrected chi connectivity index (χ2v) is 4.61. The summed E-state index contributed by atoms with van der Waals surface area (Å²) in [6.45, 7) is 3.95. The Morgan fingerprint density at radius 1 is 1.56 bits per heavy atom. The van der Waals surface area contributed by atoms with Crippen LogP contribution in [0.1, 0.15) is 47.3 Å². The quantitative estimate of drug-likeness (QED) is 0.777. The third kappa shape index (κ3) is 1.75. The van der Waals surface area contributed by atoms with Crippen molar-refractivity contribution in [3.63, 3.8) is 0 Å². The Hall–Kier alpha value is -1.91. The van der Waals surface area contributed by atoms with Gasteiger partial charge in [-0.2, -0.15) is 5.10 Å². The van der Waals surface area contributed by atoms with Gasteiger partial charge in [-0.05, 0) is 38.2 Å². The fourth-order valence-electron chi connectivity index (χ4n) is 2.13. The molecule has 0 saturated heterocycles. The highest BCUT2D eigenvalue weighted by Gasteiger charge is 2.26. The van der Waals surface area contributed by atoms with Crippen molar-refractivity contribution in [1.82, 2.24) is 14.6 Å². The molecule has 0 bridgehead atoms. The van der Waals surface area contributed by atoms with E-state index in [1.165, 1.54) is 18.4 Å². The molecular weight excluding hydrogens is 230 g/mol. The van der Waals surface area contributed by atoms with E-state index in [1.54, 1.807) is 18.4 Å². The molecule has 1 fully saturated rings. The Labute approximate surface area is 105 Å². The Kier molecular flexibility index (Phi) is 2.54. The minimum Gasteiger partial charge on any atom is -0.462 e. The average molecular weight is 245 g/mol. The lowest BCUT2D eigenvalue weighted by molar-refractivity contribution is 0.0527. The fraction of sp³-hybridized carbons (Fsp3) is 0.462. The maximum absolute atomic E-state index is 11.9. The van der Waals surface area contributed by atoms with E-state index < -0.39 is 0 Å². The van der Waals surface area contributed by atoms with Crippen LogP contribution in [0.5, 0.6) is 0 Å². The predicted octanol–water partition coefficient (Wildman–Crippen LogP) is 2.09. The van der Waals surface area contributed by atoms with Gasteiger partial charge in [0.2, 0.25) is 0 Å². The van der Waals surface area contributed by atoms with Gasteiger partial charge >= 0.3 is 5.97 Å². The summed E-state index contributed by atoms with van der Waals surface area (Å²) in [5.41, 5.74) is 2.91. The molecule has 1 saturated carbocycles. The first kappa shape index (κ1) is 11.2. The summed E-state index contributed by atoms with van der Waals surface area (Å²) in [6.07, 6.45) is 6.25. The highest BCUT2D eigenvalue weighted by atomic mass is 16.5. The lowest BCUT2D eigenvalue weighted by atomic mass is 10.2. The monoisotopic (exact) mass is 245 g/mol. The maximum atomic E-state index is 11.9. The summed E-state index contributed by atoms with van der Waals surface area (Å²) in [6, 6.07) is 0. The number of fused-ring (bicyclic) bond motifs is 1. The van der Waals surface area contributed by atoms with Crippen molar-refractivity contribution in [3.8, 4) is 0 Å². The first-order chi connectivity index (χ1) is 8.70. The molecule has 0 aliphatic heterocycles. The number of aromatic nitrogens is 3. The van der Waals surface area contributed by atoms with Gasteiger partial charge in [-0.1, -0.05) is 0 Å². The predicted molar refractivity (Wildman–Crippen MR) is 65.7 cm³/mol. The van der Waals surface area contributed by atoms with Crippen molar-refractivity contribution in [2.75, 3.05) is 6.61 Å². The normalized spacial score (nSPS) is 15.0. The largest absolute Gasteiger partial charge is 0.462 e. The maximum Gasteiger partial charge on any atom is 0.343 e. The van der Waals surface area contributed by atoms with E-state index in [-0.39, 0.29) is 5.97 Å². The molecule has 0 amide bonds. The molecule has 94 valence electrons. The second kappa shape index (κ2) is 4.08. The van der Waals surface area contributed by atoms with Gasteiger partial charge in [0.05, 0.1) is 12.3 Å². The summed E-state index contributed by atoms with van der Waals surface area (Å²) in [5, 5.41) is 4.34. The average Bonchev–Trinajstić information content (AvgIpc) is 3.11. The van der Waals surface area contributed by atoms with E-state index in [0.717, 1.165) is 0 Å². The number of hydrogen-bond donors (Lipinski definition) is 0. The number of carbonyl (C=O) groups excluding carboxylic acids is 1. The highest BCUT2D eigenvalue weighted by Crippen LogP contribution is 2.39. The summed E-state index contributed by atoms with van der Waals surface area (Å²) < 4.78 is 6.72. The van der Waals surface area contributed by atoms with E-state index in [9.17, 15) is 4.79 Å². The number of esters is 1. The van der Waals surface area contributed by atoms with Gasteiger partial charge < -0.3 is 4.74 Å². The van der Waals surface area contributed by atoms with Crippen LogP contribution in [0.15, 0.2) is 12.4 Å². The molecule has 0 radical (unpaired) electrons. The van der Waals surface area contributed by atoms with Crippen molar-refractivity contribution in [2.45, 2.75) is 32.6 Å². The molecule has 18 heavy (non-hydrogen) atoms. The van der Waals surface area contributed by atoms with E-state index in [1.807, 2.05) is 12.4 Å². The number of ether oxygens (including phenoxy) is 1. The van der Waals surface area contributed by atoms with Crippen LogP contribution < -0.4 is 0 Å². The third-order valence-corrected chi connectivity index (χ3v) is 3.20. The standard InChI is InChI=1S/C13H15N3O2/c1-3-18-13(17)11-8(2)15-16-7-10(9-4-5-9)6-14-12(11)16/h6-7,9H,3-5H2,1-2H3. The first-order valence-corrected chi connectivity index (χ1v) is 6.22. The van der Waals surface area contributed by atoms with Crippen LogP contribution in [0.4, 0.5) is 0 Å². The SMILES string of the molecule is CCOC(=O)c1c(C)nn2cc(C3CC3)cnc12. The molecule has 1 aliphatic carbocycles. The van der Waals surface area contributed by atoms with Crippen LogP contribution in [0, 0.1) is 6.92 Å². The topological polar surface area (TPSA) is 56.5 Å². The van der Waals surface area contributed by atoms with Gasteiger partial charge in [0.15, 0.2) is 5.65 Å². The molecule has 0 N–H and O–H groups in total. The lowest BCUT2D eigenvalue weighted by Crippen LogP contribution is -2.06. The van der Waals surface area contributed by atoms with Crippen LogP contribution in [-0.2, 0) is 4.74 Å². The van der Waals surface area contributed by atoms with Gasteiger partial charge in [0.1, 0.15) is 5.56 Å². The zero-order valence-corrected chi connectivity index (χ0v) is 10.5. The summed E-state index contributed by atoms with van der Waals surface area (Å²) in [4.78, 5) is 16.2. The highest BCUT2D eigenvalue weighted by molar-refractivity contribution is 5.97. The number of aryl methyl sites for hydroxylation is 1. The lowest BCUT2D eigenvalue weighted by Gasteiger charge is -2.01. The molecule has 0 atom stereocenters. The van der Waals surface area contributed by atoms with Crippen molar-refractivity contribution in [1.29, 1.82) is 0 Å². The summed E-state index contributed by atoms with van der Waals surface area (Å²) >= 11 is 0. The van der Waals surface area contributed by atoms with E-state index in [0.29, 0.717) is 29.4 Å². The van der Waals surface area contributed by atoms with Crippen molar-refractivity contribution in [2.24, 2.45) is 0 Å². The van der Waals surface area contributed by atoms with Crippen LogP contribution in [0.2, 0.25) is 0 Å². The Morgan fingerprint density at radius 3 is 3.00 bits per heavy atom. The van der Waals surface area contributed by atoms with Crippen LogP contribution in [0.3, 0.4) is 0 Å². The molecule has 1 aliphatic rings. The van der Waals surface area contributed by atoms with E-state index in [2.05, 4.69) is 10.1 Å². The minimum absolute atomic E-state index is 0.350. The Morgan fingerprint density at radius 2 is 2.33 bits per heavy atom. The summed E-state index contributed by atoms with van der Waals surface area (Å²) in [7, 11) is 0. The van der Waals surface area contributed by atoms with Gasteiger partial charge in [-0.25, -0.2) is 14.3 Å². The molecule has 0 aromatic carbocycles. The Bertz CT molecular complexity index is 614. The Balaban J connectivity index is 2.08. The first-order valence-electron chi connectivity index (χ1n) is 6.22. The van der Waals surface area contributed by atoms with E-state index >= 15 is 0 Å². The zero-order valence-electron chi connectivity index (χ0n) is 10.5. The van der Waals surface area contributed by atoms with E-state index in [4.69, 9.17) is 4.74 Å². The second-order valence-electron chi connectivity index (χ2n) is 4.61. The third-order valence-electron chi connectivity index (χ3n) is 3.20. The van der Waals surface area contributed by atoms with Gasteiger partial charge in [0.25, 0.3) is 0 Å². The minimum atomic E-state index is -0.350. The van der Waals surface area contributed by atoms with Crippen molar-refractivity contribution >= 4 is 11.6 Å². The molecule has 5 heteroatoms. The van der Waals surface area contributed by atoms with Crippen LogP contribution in [0.25, 0.3) is 5.65 Å². The molecule has 2 aromatic heterocycles. The number of carbonyl (C=O) groups is 1. The molecule has 0 spiro atoms. The number of nitrogens with zero attached hydrogens (tertiary/aromatic N) is 3. The fourth-order valence-corrected chi connectivity index (χ4v) is 2.13. The molecule has 2 heterocycles. The van der Waals surface area contributed by atoms with Gasteiger partial charge in [-0.3, -0.25) is 0 Å². The van der Waals surface area contributed by atoms with Crippen LogP contribution in [-0.4, -0.2) is 27.2 Å². The number of hydrogen-bond acceptors (Lipinski definition) is 4. The van der Waals surface area contributed by atoms with Crippen molar-refractivity contribution in [3.05, 3.63) is 29.2 Å². The van der Waals surface area contributed by atoms with Gasteiger partial charge in [-0.15, -0.1) is 0 Å². The van der Waals surface area contributed by atoms with Gasteiger partial charge in [0, 0.05) is 12.4 Å². The number of rotatable bonds is 3. The molecular formula is C13H15N3O2. The summed E-state index contributed by atoms with van der Waals surface area (Å²) in [5.74, 6) is 0.272. The zero-order chi connectivity index (χ0) is 12.7. The van der Waals surface area contributed by atoms with Crippen LogP contribution >= 0.6 is 0 Å². The molecule has 3 rings (SSSR count). The van der Waals surface area contributed by atoms with Crippen molar-refractivity contribution < 1.29 is 9.53 Å². The smallest absolute Gasteiger partial charge is 0.343 e. The molecule has 5 nitrogen and oxygen atoms in total. The molecule has 0 unspecified atom stereocenters. The molecule has 2 aromatic rings.